The molecule has 130 valence electrons. The Bertz CT molecular complexity index is 557. The summed E-state index contributed by atoms with van der Waals surface area (Å²) in [6, 6.07) is 9.57. The van der Waals surface area contributed by atoms with Crippen LogP contribution < -0.4 is 0 Å². The van der Waals surface area contributed by atoms with Crippen molar-refractivity contribution in [3.63, 3.8) is 0 Å². The van der Waals surface area contributed by atoms with Crippen molar-refractivity contribution < 1.29 is 23.9 Å². The van der Waals surface area contributed by atoms with Crippen LogP contribution in [0.25, 0.3) is 0 Å². The maximum absolute atomic E-state index is 12.3. The number of rotatable bonds is 8. The Morgan fingerprint density at radius 2 is 1.87 bits per heavy atom. The van der Waals surface area contributed by atoms with Crippen molar-refractivity contribution in [2.75, 3.05) is 12.4 Å². The first-order chi connectivity index (χ1) is 10.6. The summed E-state index contributed by atoms with van der Waals surface area (Å²) in [6.07, 6.45) is 0. The molecule has 7 heteroatoms. The standard InChI is InChI=1S/C16H25O5PS/c1-5-21-15(17)16(4,22(18,19)20)14(12(2)3)11-23-13-9-7-6-8-10-13/h6-10,12,14H,5,11H2,1-4H3,(H2,18,19,20). The Morgan fingerprint density at radius 3 is 2.30 bits per heavy atom. The molecule has 0 aliphatic heterocycles. The zero-order valence-electron chi connectivity index (χ0n) is 13.9. The fourth-order valence-electron chi connectivity index (χ4n) is 2.47. The molecular weight excluding hydrogens is 335 g/mol. The molecule has 1 rings (SSSR count). The lowest BCUT2D eigenvalue weighted by Crippen LogP contribution is -2.47. The van der Waals surface area contributed by atoms with Gasteiger partial charge < -0.3 is 14.5 Å². The van der Waals surface area contributed by atoms with E-state index in [0.717, 1.165) is 4.90 Å². The van der Waals surface area contributed by atoms with Crippen LogP contribution in [0.2, 0.25) is 0 Å². The Labute approximate surface area is 142 Å². The third-order valence-corrected chi connectivity index (χ3v) is 6.85. The van der Waals surface area contributed by atoms with Gasteiger partial charge in [0.05, 0.1) is 6.61 Å². The second-order valence-electron chi connectivity index (χ2n) is 5.89. The van der Waals surface area contributed by atoms with Gasteiger partial charge in [0, 0.05) is 10.6 Å². The van der Waals surface area contributed by atoms with E-state index in [1.54, 1.807) is 6.92 Å². The first-order valence-corrected chi connectivity index (χ1v) is 10.1. The zero-order valence-corrected chi connectivity index (χ0v) is 15.6. The first kappa shape index (κ1) is 20.2. The van der Waals surface area contributed by atoms with Gasteiger partial charge in [0.15, 0.2) is 5.16 Å². The molecule has 0 heterocycles. The largest absolute Gasteiger partial charge is 0.465 e. The quantitative estimate of drug-likeness (QED) is 0.419. The summed E-state index contributed by atoms with van der Waals surface area (Å²) in [5.74, 6) is -1.02. The van der Waals surface area contributed by atoms with E-state index in [2.05, 4.69) is 0 Å². The van der Waals surface area contributed by atoms with E-state index in [4.69, 9.17) is 4.74 Å². The van der Waals surface area contributed by atoms with Crippen molar-refractivity contribution in [1.82, 2.24) is 0 Å². The fourth-order valence-corrected chi connectivity index (χ4v) is 5.16. The van der Waals surface area contributed by atoms with Crippen LogP contribution in [0.15, 0.2) is 35.2 Å². The molecule has 0 bridgehead atoms. The van der Waals surface area contributed by atoms with E-state index >= 15 is 0 Å². The average molecular weight is 360 g/mol. The van der Waals surface area contributed by atoms with Crippen LogP contribution in [0, 0.1) is 11.8 Å². The van der Waals surface area contributed by atoms with Crippen molar-refractivity contribution >= 4 is 25.3 Å². The van der Waals surface area contributed by atoms with Crippen LogP contribution in [0.5, 0.6) is 0 Å². The van der Waals surface area contributed by atoms with Gasteiger partial charge in [-0.25, -0.2) is 0 Å². The topological polar surface area (TPSA) is 83.8 Å². The molecule has 0 amide bonds. The summed E-state index contributed by atoms with van der Waals surface area (Å²) >= 11 is 1.48. The Morgan fingerprint density at radius 1 is 1.30 bits per heavy atom. The number of carbonyl (C=O) groups is 1. The number of hydrogen-bond donors (Lipinski definition) is 2. The zero-order chi connectivity index (χ0) is 17.7. The lowest BCUT2D eigenvalue weighted by molar-refractivity contribution is -0.148. The highest BCUT2D eigenvalue weighted by Gasteiger charge is 2.56. The maximum atomic E-state index is 12.3. The summed E-state index contributed by atoms with van der Waals surface area (Å²) < 4.78 is 17.1. The summed E-state index contributed by atoms with van der Waals surface area (Å²) in [6.45, 7) is 6.76. The lowest BCUT2D eigenvalue weighted by Gasteiger charge is -2.37. The highest BCUT2D eigenvalue weighted by Crippen LogP contribution is 2.57. The minimum Gasteiger partial charge on any atom is -0.465 e. The molecule has 23 heavy (non-hydrogen) atoms. The van der Waals surface area contributed by atoms with Crippen LogP contribution in [0.4, 0.5) is 0 Å². The molecule has 0 saturated heterocycles. The predicted octanol–water partition coefficient (Wildman–Crippen LogP) is 3.55. The second kappa shape index (κ2) is 8.34. The number of esters is 1. The lowest BCUT2D eigenvalue weighted by atomic mass is 9.85. The Kier molecular flexibility index (Phi) is 7.33. The third-order valence-electron chi connectivity index (χ3n) is 3.99. The number of benzene rings is 1. The van der Waals surface area contributed by atoms with Crippen molar-refractivity contribution in [2.24, 2.45) is 11.8 Å². The monoisotopic (exact) mass is 360 g/mol. The van der Waals surface area contributed by atoms with Gasteiger partial charge in [-0.15, -0.1) is 11.8 Å². The minimum absolute atomic E-state index is 0.0884. The molecule has 0 aliphatic carbocycles. The summed E-state index contributed by atoms with van der Waals surface area (Å²) in [7, 11) is -4.69. The highest BCUT2D eigenvalue weighted by atomic mass is 32.2. The minimum atomic E-state index is -4.69. The highest BCUT2D eigenvalue weighted by molar-refractivity contribution is 7.99. The van der Waals surface area contributed by atoms with Gasteiger partial charge in [-0.2, -0.15) is 0 Å². The number of carbonyl (C=O) groups excluding carboxylic acids is 1. The van der Waals surface area contributed by atoms with Crippen LogP contribution in [-0.4, -0.2) is 33.3 Å². The molecule has 0 fully saturated rings. The smallest absolute Gasteiger partial charge is 0.342 e. The van der Waals surface area contributed by atoms with Gasteiger partial charge in [0.2, 0.25) is 0 Å². The van der Waals surface area contributed by atoms with E-state index < -0.39 is 24.6 Å². The van der Waals surface area contributed by atoms with E-state index in [0.29, 0.717) is 5.75 Å². The molecule has 5 nitrogen and oxygen atoms in total. The van der Waals surface area contributed by atoms with Gasteiger partial charge in [0.1, 0.15) is 0 Å². The van der Waals surface area contributed by atoms with Gasteiger partial charge in [-0.05, 0) is 37.8 Å². The van der Waals surface area contributed by atoms with Gasteiger partial charge in [-0.3, -0.25) is 9.36 Å². The molecule has 0 spiro atoms. The maximum Gasteiger partial charge on any atom is 0.342 e. The predicted molar refractivity (Wildman–Crippen MR) is 92.6 cm³/mol. The average Bonchev–Trinajstić information content (AvgIpc) is 2.46. The first-order valence-electron chi connectivity index (χ1n) is 7.55. The molecule has 1 aromatic rings. The van der Waals surface area contributed by atoms with Crippen molar-refractivity contribution in [2.45, 2.75) is 37.7 Å². The Hall–Kier alpha value is -0.810. The summed E-state index contributed by atoms with van der Waals surface area (Å²) in [5, 5.41) is -1.85. The molecule has 1 aromatic carbocycles. The van der Waals surface area contributed by atoms with E-state index in [1.807, 2.05) is 44.2 Å². The Balaban J connectivity index is 3.11. The SMILES string of the molecule is CCOC(=O)C(C)(C(CSc1ccccc1)C(C)C)P(=O)(O)O. The van der Waals surface area contributed by atoms with E-state index in [-0.39, 0.29) is 12.5 Å². The second-order valence-corrected chi connectivity index (χ2v) is 9.00. The van der Waals surface area contributed by atoms with E-state index in [1.165, 1.54) is 18.7 Å². The van der Waals surface area contributed by atoms with E-state index in [9.17, 15) is 19.1 Å². The number of thioether (sulfide) groups is 1. The normalized spacial score (nSPS) is 16.0. The van der Waals surface area contributed by atoms with Crippen molar-refractivity contribution in [1.29, 1.82) is 0 Å². The van der Waals surface area contributed by atoms with Gasteiger partial charge >= 0.3 is 13.6 Å². The number of ether oxygens (including phenoxy) is 1. The van der Waals surface area contributed by atoms with Gasteiger partial charge in [-0.1, -0.05) is 32.0 Å². The molecule has 2 N–H and O–H groups in total. The van der Waals surface area contributed by atoms with Crippen LogP contribution in [-0.2, 0) is 14.1 Å². The third kappa shape index (κ3) is 4.83. The molecule has 0 aliphatic rings. The van der Waals surface area contributed by atoms with Crippen molar-refractivity contribution in [3.8, 4) is 0 Å². The van der Waals surface area contributed by atoms with Crippen LogP contribution >= 0.6 is 19.4 Å². The molecule has 2 atom stereocenters. The van der Waals surface area contributed by atoms with Crippen LogP contribution in [0.1, 0.15) is 27.7 Å². The summed E-state index contributed by atoms with van der Waals surface area (Å²) in [5.41, 5.74) is 0. The molecule has 2 unspecified atom stereocenters. The number of hydrogen-bond acceptors (Lipinski definition) is 4. The molecular formula is C16H25O5PS. The molecule has 0 saturated carbocycles. The van der Waals surface area contributed by atoms with Crippen LogP contribution in [0.3, 0.4) is 0 Å². The van der Waals surface area contributed by atoms with Crippen molar-refractivity contribution in [3.05, 3.63) is 30.3 Å². The van der Waals surface area contributed by atoms with Gasteiger partial charge in [0.25, 0.3) is 0 Å². The molecule has 0 aromatic heterocycles. The summed E-state index contributed by atoms with van der Waals surface area (Å²) in [4.78, 5) is 33.0. The molecule has 0 radical (unpaired) electrons. The fraction of sp³-hybridized carbons (Fsp3) is 0.562.